The molecule has 0 spiro atoms. The monoisotopic (exact) mass is 302 g/mol. The smallest absolute Gasteiger partial charge is 0.128 e. The first kappa shape index (κ1) is 13.5. The summed E-state index contributed by atoms with van der Waals surface area (Å²) in [4.78, 5) is 9.71. The SMILES string of the molecule is Cc1ccc(-c2csc3ncnc(SCCO)c23)cc1. The molecule has 0 saturated carbocycles. The highest BCUT2D eigenvalue weighted by Gasteiger charge is 2.13. The van der Waals surface area contributed by atoms with E-state index in [0.29, 0.717) is 5.75 Å². The lowest BCUT2D eigenvalue weighted by molar-refractivity contribution is 0.322. The van der Waals surface area contributed by atoms with Crippen LogP contribution in [0, 0.1) is 6.92 Å². The standard InChI is InChI=1S/C15H14N2OS2/c1-10-2-4-11(5-3-10)12-8-20-15-13(12)14(16-9-17-15)19-7-6-18/h2-5,8-9,18H,6-7H2,1H3. The average molecular weight is 302 g/mol. The fourth-order valence-electron chi connectivity index (χ4n) is 2.05. The number of rotatable bonds is 4. The van der Waals surface area contributed by atoms with E-state index in [0.717, 1.165) is 15.2 Å². The molecule has 0 amide bonds. The molecule has 0 unspecified atom stereocenters. The van der Waals surface area contributed by atoms with Gasteiger partial charge in [0, 0.05) is 16.7 Å². The van der Waals surface area contributed by atoms with E-state index in [2.05, 4.69) is 46.5 Å². The zero-order valence-electron chi connectivity index (χ0n) is 11.0. The molecule has 3 rings (SSSR count). The van der Waals surface area contributed by atoms with Crippen LogP contribution < -0.4 is 0 Å². The summed E-state index contributed by atoms with van der Waals surface area (Å²) in [5.74, 6) is 0.648. The Morgan fingerprint density at radius 3 is 2.75 bits per heavy atom. The molecule has 0 fully saturated rings. The number of thiophene rings is 1. The number of fused-ring (bicyclic) bond motifs is 1. The van der Waals surface area contributed by atoms with Gasteiger partial charge in [-0.2, -0.15) is 0 Å². The molecule has 20 heavy (non-hydrogen) atoms. The number of aliphatic hydroxyl groups excluding tert-OH is 1. The maximum absolute atomic E-state index is 9.01. The molecule has 2 aromatic heterocycles. The van der Waals surface area contributed by atoms with Crippen LogP contribution in [0.1, 0.15) is 5.56 Å². The minimum Gasteiger partial charge on any atom is -0.396 e. The molecular formula is C15H14N2OS2. The summed E-state index contributed by atoms with van der Waals surface area (Å²) in [6.07, 6.45) is 1.59. The summed E-state index contributed by atoms with van der Waals surface area (Å²) in [6.45, 7) is 2.24. The van der Waals surface area contributed by atoms with Crippen molar-refractivity contribution < 1.29 is 5.11 Å². The van der Waals surface area contributed by atoms with Gasteiger partial charge in [-0.15, -0.1) is 23.1 Å². The van der Waals surface area contributed by atoms with Gasteiger partial charge in [-0.3, -0.25) is 0 Å². The highest BCUT2D eigenvalue weighted by Crippen LogP contribution is 2.37. The van der Waals surface area contributed by atoms with Gasteiger partial charge in [0.25, 0.3) is 0 Å². The van der Waals surface area contributed by atoms with Crippen molar-refractivity contribution in [2.24, 2.45) is 0 Å². The molecule has 5 heteroatoms. The second kappa shape index (κ2) is 5.91. The van der Waals surface area contributed by atoms with Gasteiger partial charge in [-0.1, -0.05) is 29.8 Å². The molecule has 1 aromatic carbocycles. The summed E-state index contributed by atoms with van der Waals surface area (Å²) in [6, 6.07) is 8.49. The van der Waals surface area contributed by atoms with Crippen molar-refractivity contribution in [1.82, 2.24) is 9.97 Å². The lowest BCUT2D eigenvalue weighted by atomic mass is 10.1. The van der Waals surface area contributed by atoms with Crippen LogP contribution >= 0.6 is 23.1 Å². The van der Waals surface area contributed by atoms with Crippen LogP contribution in [0.3, 0.4) is 0 Å². The number of hydrogen-bond acceptors (Lipinski definition) is 5. The Hall–Kier alpha value is -1.43. The van der Waals surface area contributed by atoms with Crippen molar-refractivity contribution in [3.63, 3.8) is 0 Å². The third-order valence-corrected chi connectivity index (χ3v) is 4.88. The quantitative estimate of drug-likeness (QED) is 0.589. The van der Waals surface area contributed by atoms with E-state index >= 15 is 0 Å². The molecule has 0 aliphatic heterocycles. The number of aromatic nitrogens is 2. The predicted octanol–water partition coefficient (Wildman–Crippen LogP) is 3.75. The minimum atomic E-state index is 0.153. The van der Waals surface area contributed by atoms with Crippen LogP contribution in [0.2, 0.25) is 0 Å². The third-order valence-electron chi connectivity index (χ3n) is 3.03. The molecular weight excluding hydrogens is 288 g/mol. The van der Waals surface area contributed by atoms with Gasteiger partial charge in [-0.05, 0) is 12.5 Å². The van der Waals surface area contributed by atoms with E-state index < -0.39 is 0 Å². The minimum absolute atomic E-state index is 0.153. The summed E-state index contributed by atoms with van der Waals surface area (Å²) in [5.41, 5.74) is 3.60. The van der Waals surface area contributed by atoms with Crippen molar-refractivity contribution >= 4 is 33.3 Å². The molecule has 2 heterocycles. The van der Waals surface area contributed by atoms with E-state index in [1.54, 1.807) is 29.4 Å². The number of aliphatic hydroxyl groups is 1. The van der Waals surface area contributed by atoms with Crippen LogP contribution in [-0.4, -0.2) is 27.4 Å². The predicted molar refractivity (Wildman–Crippen MR) is 85.4 cm³/mol. The summed E-state index contributed by atoms with van der Waals surface area (Å²) >= 11 is 3.21. The normalized spacial score (nSPS) is 11.1. The zero-order chi connectivity index (χ0) is 13.9. The number of benzene rings is 1. The largest absolute Gasteiger partial charge is 0.396 e. The van der Waals surface area contributed by atoms with Crippen LogP contribution in [0.4, 0.5) is 0 Å². The first-order valence-corrected chi connectivity index (χ1v) is 8.19. The number of thioether (sulfide) groups is 1. The average Bonchev–Trinajstić information content (AvgIpc) is 2.90. The Kier molecular flexibility index (Phi) is 4.00. The molecule has 3 nitrogen and oxygen atoms in total. The Labute approximate surface area is 125 Å². The van der Waals surface area contributed by atoms with Crippen LogP contribution in [0.5, 0.6) is 0 Å². The molecule has 0 bridgehead atoms. The maximum Gasteiger partial charge on any atom is 0.128 e. The fourth-order valence-corrected chi connectivity index (χ4v) is 3.78. The molecule has 0 atom stereocenters. The third kappa shape index (κ3) is 2.57. The van der Waals surface area contributed by atoms with Gasteiger partial charge in [0.05, 0.1) is 12.0 Å². The lowest BCUT2D eigenvalue weighted by Gasteiger charge is -2.04. The molecule has 1 N–H and O–H groups in total. The molecule has 0 saturated heterocycles. The van der Waals surface area contributed by atoms with E-state index in [9.17, 15) is 0 Å². The molecule has 102 valence electrons. The maximum atomic E-state index is 9.01. The molecule has 0 aliphatic carbocycles. The van der Waals surface area contributed by atoms with E-state index in [4.69, 9.17) is 5.11 Å². The van der Waals surface area contributed by atoms with Crippen molar-refractivity contribution in [3.05, 3.63) is 41.5 Å². The van der Waals surface area contributed by atoms with Crippen LogP contribution in [-0.2, 0) is 0 Å². The summed E-state index contributed by atoms with van der Waals surface area (Å²) in [7, 11) is 0. The summed E-state index contributed by atoms with van der Waals surface area (Å²) < 4.78 is 0. The van der Waals surface area contributed by atoms with Crippen LogP contribution in [0.25, 0.3) is 21.3 Å². The van der Waals surface area contributed by atoms with E-state index in [-0.39, 0.29) is 6.61 Å². The Balaban J connectivity index is 2.13. The van der Waals surface area contributed by atoms with Crippen molar-refractivity contribution in [2.75, 3.05) is 12.4 Å². The van der Waals surface area contributed by atoms with Gasteiger partial charge in [0.1, 0.15) is 16.2 Å². The van der Waals surface area contributed by atoms with Crippen molar-refractivity contribution in [3.8, 4) is 11.1 Å². The summed E-state index contributed by atoms with van der Waals surface area (Å²) in [5, 5.41) is 13.2. The molecule has 3 aromatic rings. The van der Waals surface area contributed by atoms with Crippen molar-refractivity contribution in [1.29, 1.82) is 0 Å². The Morgan fingerprint density at radius 1 is 1.20 bits per heavy atom. The van der Waals surface area contributed by atoms with Gasteiger partial charge in [0.2, 0.25) is 0 Å². The number of hydrogen-bond donors (Lipinski definition) is 1. The van der Waals surface area contributed by atoms with Gasteiger partial charge < -0.3 is 5.11 Å². The second-order valence-corrected chi connectivity index (χ2v) is 6.39. The molecule has 0 aliphatic rings. The van der Waals surface area contributed by atoms with E-state index in [1.165, 1.54) is 16.7 Å². The fraction of sp³-hybridized carbons (Fsp3) is 0.200. The highest BCUT2D eigenvalue weighted by atomic mass is 32.2. The van der Waals surface area contributed by atoms with Gasteiger partial charge in [0.15, 0.2) is 0 Å². The highest BCUT2D eigenvalue weighted by molar-refractivity contribution is 7.99. The first-order valence-electron chi connectivity index (χ1n) is 6.32. The Bertz CT molecular complexity index is 722. The first-order chi connectivity index (χ1) is 9.79. The van der Waals surface area contributed by atoms with Gasteiger partial charge in [-0.25, -0.2) is 9.97 Å². The topological polar surface area (TPSA) is 46.0 Å². The zero-order valence-corrected chi connectivity index (χ0v) is 12.7. The van der Waals surface area contributed by atoms with Gasteiger partial charge >= 0.3 is 0 Å². The van der Waals surface area contributed by atoms with Crippen LogP contribution in [0.15, 0.2) is 41.0 Å². The lowest BCUT2D eigenvalue weighted by Crippen LogP contribution is -1.90. The second-order valence-electron chi connectivity index (χ2n) is 4.45. The Morgan fingerprint density at radius 2 is 2.00 bits per heavy atom. The number of nitrogens with zero attached hydrogens (tertiary/aromatic N) is 2. The van der Waals surface area contributed by atoms with E-state index in [1.807, 2.05) is 0 Å². The molecule has 0 radical (unpaired) electrons. The number of aryl methyl sites for hydroxylation is 1. The van der Waals surface area contributed by atoms with Crippen molar-refractivity contribution in [2.45, 2.75) is 11.9 Å².